The summed E-state index contributed by atoms with van der Waals surface area (Å²) in [5.41, 5.74) is 8.42. The number of piperazine rings is 1. The summed E-state index contributed by atoms with van der Waals surface area (Å²) < 4.78 is 0. The van der Waals surface area contributed by atoms with Gasteiger partial charge in [0.15, 0.2) is 0 Å². The smallest absolute Gasteiger partial charge is 0.249 e. The van der Waals surface area contributed by atoms with Crippen molar-refractivity contribution in [3.63, 3.8) is 0 Å². The third kappa shape index (κ3) is 3.36. The average Bonchev–Trinajstić information content (AvgIpc) is 2.56. The van der Waals surface area contributed by atoms with Crippen LogP contribution in [0.3, 0.4) is 0 Å². The van der Waals surface area contributed by atoms with Crippen molar-refractivity contribution < 1.29 is 9.90 Å². The van der Waals surface area contributed by atoms with Crippen LogP contribution in [0.5, 0.6) is 5.75 Å². The number of phenolic OH excluding ortho intramolecular Hbond substituents is 1. The predicted octanol–water partition coefficient (Wildman–Crippen LogP) is 1.56. The number of nitrogens with zero attached hydrogens (tertiary/aromatic N) is 1. The number of aromatic hydroxyl groups is 1. The van der Waals surface area contributed by atoms with E-state index in [-0.39, 0.29) is 5.75 Å². The molecule has 0 aliphatic carbocycles. The Balaban J connectivity index is 2.09. The Morgan fingerprint density at radius 1 is 1.13 bits per heavy atom. The van der Waals surface area contributed by atoms with Crippen LogP contribution in [0.4, 0.5) is 0 Å². The minimum absolute atomic E-state index is 0.173. The molecule has 120 valence electrons. The first-order valence-electron chi connectivity index (χ1n) is 7.80. The summed E-state index contributed by atoms with van der Waals surface area (Å²) in [7, 11) is 0. The summed E-state index contributed by atoms with van der Waals surface area (Å²) in [5, 5.41) is 13.7. The Hall–Kier alpha value is -2.37. The predicted molar refractivity (Wildman–Crippen MR) is 90.2 cm³/mol. The number of nitrogens with two attached hydrogens (primary N) is 1. The quantitative estimate of drug-likeness (QED) is 0.801. The van der Waals surface area contributed by atoms with Gasteiger partial charge in [-0.05, 0) is 23.3 Å². The van der Waals surface area contributed by atoms with Crippen LogP contribution >= 0.6 is 0 Å². The van der Waals surface area contributed by atoms with Crippen LogP contribution < -0.4 is 11.1 Å². The van der Waals surface area contributed by atoms with Crippen molar-refractivity contribution in [2.45, 2.75) is 6.54 Å². The van der Waals surface area contributed by atoms with Crippen LogP contribution in [0.15, 0.2) is 42.5 Å². The Kier molecular flexibility index (Phi) is 4.60. The summed E-state index contributed by atoms with van der Waals surface area (Å²) in [4.78, 5) is 14.1. The molecule has 1 saturated heterocycles. The maximum absolute atomic E-state index is 11.9. The summed E-state index contributed by atoms with van der Waals surface area (Å²) in [6, 6.07) is 12.8. The van der Waals surface area contributed by atoms with Crippen molar-refractivity contribution in [1.29, 1.82) is 0 Å². The molecular weight excluding hydrogens is 290 g/mol. The van der Waals surface area contributed by atoms with Crippen LogP contribution in [0.25, 0.3) is 11.1 Å². The lowest BCUT2D eigenvalue weighted by molar-refractivity contribution is 0.0998. The minimum Gasteiger partial charge on any atom is -0.507 e. The number of nitrogens with one attached hydrogen (secondary N) is 1. The number of benzene rings is 2. The number of primary amides is 1. The summed E-state index contributed by atoms with van der Waals surface area (Å²) in [5.74, 6) is -0.293. The molecule has 1 aliphatic heterocycles. The molecule has 4 N–H and O–H groups in total. The second-order valence-corrected chi connectivity index (χ2v) is 5.74. The molecule has 0 bridgehead atoms. The van der Waals surface area contributed by atoms with Gasteiger partial charge in [0.25, 0.3) is 0 Å². The van der Waals surface area contributed by atoms with Crippen molar-refractivity contribution in [3.8, 4) is 16.9 Å². The second kappa shape index (κ2) is 6.81. The Morgan fingerprint density at radius 2 is 1.83 bits per heavy atom. The first-order chi connectivity index (χ1) is 11.2. The third-order valence-electron chi connectivity index (χ3n) is 4.21. The van der Waals surface area contributed by atoms with Crippen molar-refractivity contribution in [1.82, 2.24) is 10.2 Å². The van der Waals surface area contributed by atoms with Crippen LogP contribution in [-0.2, 0) is 6.54 Å². The standard InChI is InChI=1S/C18H21N3O2/c19-18(23)14-6-7-16(22)17(13-4-2-1-3-5-13)15(14)12-21-10-8-20-9-11-21/h1-7,20,22H,8-12H2,(H2,19,23). The number of hydrogen-bond donors (Lipinski definition) is 3. The fourth-order valence-electron chi connectivity index (χ4n) is 3.05. The lowest BCUT2D eigenvalue weighted by Crippen LogP contribution is -2.43. The lowest BCUT2D eigenvalue weighted by Gasteiger charge is -2.29. The zero-order chi connectivity index (χ0) is 16.2. The van der Waals surface area contributed by atoms with Crippen molar-refractivity contribution in [2.24, 2.45) is 5.73 Å². The van der Waals surface area contributed by atoms with Gasteiger partial charge in [-0.25, -0.2) is 0 Å². The number of phenols is 1. The first-order valence-corrected chi connectivity index (χ1v) is 7.80. The monoisotopic (exact) mass is 311 g/mol. The van der Waals surface area contributed by atoms with Crippen LogP contribution in [0.1, 0.15) is 15.9 Å². The lowest BCUT2D eigenvalue weighted by atomic mass is 9.93. The topological polar surface area (TPSA) is 78.6 Å². The molecule has 0 radical (unpaired) electrons. The number of amides is 1. The van der Waals surface area contributed by atoms with E-state index in [0.29, 0.717) is 17.7 Å². The van der Waals surface area contributed by atoms with Gasteiger partial charge in [-0.1, -0.05) is 30.3 Å². The molecule has 1 amide bonds. The summed E-state index contributed by atoms with van der Waals surface area (Å²) >= 11 is 0. The molecule has 0 spiro atoms. The zero-order valence-electron chi connectivity index (χ0n) is 13.0. The molecule has 3 rings (SSSR count). The summed E-state index contributed by atoms with van der Waals surface area (Å²) in [6.45, 7) is 4.25. The molecule has 23 heavy (non-hydrogen) atoms. The molecular formula is C18H21N3O2. The second-order valence-electron chi connectivity index (χ2n) is 5.74. The van der Waals surface area contributed by atoms with Gasteiger partial charge in [0.05, 0.1) is 0 Å². The van der Waals surface area contributed by atoms with E-state index in [9.17, 15) is 9.90 Å². The third-order valence-corrected chi connectivity index (χ3v) is 4.21. The van der Waals surface area contributed by atoms with Gasteiger partial charge in [0.1, 0.15) is 5.75 Å². The Labute approximate surface area is 135 Å². The molecule has 5 nitrogen and oxygen atoms in total. The van der Waals surface area contributed by atoms with E-state index in [0.717, 1.165) is 37.3 Å². The van der Waals surface area contributed by atoms with Gasteiger partial charge in [0.2, 0.25) is 5.91 Å². The Morgan fingerprint density at radius 3 is 2.48 bits per heavy atom. The van der Waals surface area contributed by atoms with E-state index in [4.69, 9.17) is 5.73 Å². The fourth-order valence-corrected chi connectivity index (χ4v) is 3.05. The molecule has 5 heteroatoms. The van der Waals surface area contributed by atoms with Crippen LogP contribution in [0, 0.1) is 0 Å². The van der Waals surface area contributed by atoms with E-state index in [2.05, 4.69) is 10.2 Å². The molecule has 0 saturated carbocycles. The molecule has 0 aromatic heterocycles. The van der Waals surface area contributed by atoms with Crippen LogP contribution in [0.2, 0.25) is 0 Å². The largest absolute Gasteiger partial charge is 0.507 e. The van der Waals surface area contributed by atoms with E-state index >= 15 is 0 Å². The van der Waals surface area contributed by atoms with Gasteiger partial charge in [-0.15, -0.1) is 0 Å². The molecule has 2 aromatic carbocycles. The highest BCUT2D eigenvalue weighted by molar-refractivity contribution is 5.97. The van der Waals surface area contributed by atoms with Gasteiger partial charge in [-0.3, -0.25) is 9.69 Å². The first kappa shape index (κ1) is 15.5. The number of carbonyl (C=O) groups is 1. The van der Waals surface area contributed by atoms with E-state index < -0.39 is 5.91 Å². The van der Waals surface area contributed by atoms with Gasteiger partial charge < -0.3 is 16.2 Å². The number of rotatable bonds is 4. The maximum Gasteiger partial charge on any atom is 0.249 e. The average molecular weight is 311 g/mol. The van der Waals surface area contributed by atoms with Crippen molar-refractivity contribution >= 4 is 5.91 Å². The summed E-state index contributed by atoms with van der Waals surface area (Å²) in [6.07, 6.45) is 0. The number of hydrogen-bond acceptors (Lipinski definition) is 4. The SMILES string of the molecule is NC(=O)c1ccc(O)c(-c2ccccc2)c1CN1CCNCC1. The molecule has 1 heterocycles. The molecule has 1 fully saturated rings. The normalized spacial score (nSPS) is 15.5. The highest BCUT2D eigenvalue weighted by atomic mass is 16.3. The maximum atomic E-state index is 11.9. The van der Waals surface area contributed by atoms with E-state index in [1.54, 1.807) is 12.1 Å². The van der Waals surface area contributed by atoms with Gasteiger partial charge in [0, 0.05) is 43.9 Å². The zero-order valence-corrected chi connectivity index (χ0v) is 13.0. The molecule has 0 unspecified atom stereocenters. The van der Waals surface area contributed by atoms with E-state index in [1.807, 2.05) is 30.3 Å². The van der Waals surface area contributed by atoms with Crippen molar-refractivity contribution in [2.75, 3.05) is 26.2 Å². The van der Waals surface area contributed by atoms with Crippen molar-refractivity contribution in [3.05, 3.63) is 53.6 Å². The molecule has 2 aromatic rings. The van der Waals surface area contributed by atoms with Crippen LogP contribution in [-0.4, -0.2) is 42.1 Å². The highest BCUT2D eigenvalue weighted by Gasteiger charge is 2.21. The van der Waals surface area contributed by atoms with Gasteiger partial charge >= 0.3 is 0 Å². The van der Waals surface area contributed by atoms with E-state index in [1.165, 1.54) is 0 Å². The molecule has 1 aliphatic rings. The fraction of sp³-hybridized carbons (Fsp3) is 0.278. The number of carbonyl (C=O) groups excluding carboxylic acids is 1. The molecule has 0 atom stereocenters. The Bertz CT molecular complexity index is 695. The minimum atomic E-state index is -0.465. The highest BCUT2D eigenvalue weighted by Crippen LogP contribution is 2.35. The van der Waals surface area contributed by atoms with Gasteiger partial charge in [-0.2, -0.15) is 0 Å².